The van der Waals surface area contributed by atoms with Gasteiger partial charge in [-0.15, -0.1) is 0 Å². The SMILES string of the molecule is COc1ccc(C(OC[C@H]2O[C@@H](n3cc(C)c(=O)[nH]c3=O)[C@H]3C2=NO[C@H]2C=CC[C@@H]32)(c2ccccc2)c2ccccc2)cc1. The van der Waals surface area contributed by atoms with Gasteiger partial charge in [-0.1, -0.05) is 84.0 Å². The molecule has 3 aromatic carbocycles. The average Bonchev–Trinajstić information content (AvgIpc) is 3.69. The lowest BCUT2D eigenvalue weighted by atomic mass is 9.79. The molecule has 4 aromatic rings. The molecule has 1 saturated heterocycles. The van der Waals surface area contributed by atoms with Gasteiger partial charge in [-0.3, -0.25) is 14.3 Å². The van der Waals surface area contributed by atoms with Gasteiger partial charge >= 0.3 is 5.69 Å². The van der Waals surface area contributed by atoms with Gasteiger partial charge in [-0.05, 0) is 48.2 Å². The van der Waals surface area contributed by atoms with Crippen LogP contribution in [0.2, 0.25) is 0 Å². The number of allylic oxidation sites excluding steroid dienone is 1. The van der Waals surface area contributed by atoms with Crippen molar-refractivity contribution < 1.29 is 19.0 Å². The first-order valence-electron chi connectivity index (χ1n) is 14.8. The van der Waals surface area contributed by atoms with Gasteiger partial charge < -0.3 is 19.0 Å². The number of hydrogen-bond donors (Lipinski definition) is 1. The number of aromatic amines is 1. The molecule has 9 heteroatoms. The predicted octanol–water partition coefficient (Wildman–Crippen LogP) is 4.71. The normalized spacial score (nSPS) is 23.9. The number of rotatable bonds is 8. The van der Waals surface area contributed by atoms with Crippen molar-refractivity contribution in [3.05, 3.63) is 146 Å². The van der Waals surface area contributed by atoms with Gasteiger partial charge in [-0.2, -0.15) is 0 Å². The van der Waals surface area contributed by atoms with E-state index < -0.39 is 29.2 Å². The molecule has 1 N–H and O–H groups in total. The highest BCUT2D eigenvalue weighted by atomic mass is 16.6. The molecule has 3 aliphatic rings. The van der Waals surface area contributed by atoms with Gasteiger partial charge in [0.25, 0.3) is 5.56 Å². The molecule has 2 aliphatic heterocycles. The van der Waals surface area contributed by atoms with Crippen molar-refractivity contribution in [2.75, 3.05) is 13.7 Å². The van der Waals surface area contributed by atoms with E-state index in [1.54, 1.807) is 20.2 Å². The van der Waals surface area contributed by atoms with Crippen molar-refractivity contribution >= 4 is 5.71 Å². The molecule has 5 atom stereocenters. The van der Waals surface area contributed by atoms with Crippen LogP contribution in [0.3, 0.4) is 0 Å². The van der Waals surface area contributed by atoms with Crippen LogP contribution in [0.25, 0.3) is 0 Å². The summed E-state index contributed by atoms with van der Waals surface area (Å²) in [5.74, 6) is 0.527. The topological polar surface area (TPSA) is 104 Å². The zero-order chi connectivity index (χ0) is 30.3. The molecule has 0 bridgehead atoms. The highest BCUT2D eigenvalue weighted by Crippen LogP contribution is 2.47. The van der Waals surface area contributed by atoms with Crippen molar-refractivity contribution in [1.29, 1.82) is 0 Å². The first-order valence-corrected chi connectivity index (χ1v) is 14.8. The number of aromatic nitrogens is 2. The summed E-state index contributed by atoms with van der Waals surface area (Å²) in [6, 6.07) is 28.0. The Morgan fingerprint density at radius 1 is 0.955 bits per heavy atom. The standard InChI is InChI=1S/C35H33N3O6/c1-22-20-38(34(40)36-32(22)39)33-30-27-14-9-15-28(27)44-37-31(30)29(43-33)21-42-35(23-10-5-3-6-11-23,24-12-7-4-8-13-24)25-16-18-26(41-2)19-17-25/h3-13,15-20,27-30,33H,14,21H2,1-2H3,(H,36,39,40)/t27-,28+,29-,30-,33-/m1/s1. The lowest BCUT2D eigenvalue weighted by molar-refractivity contribution is -0.0818. The largest absolute Gasteiger partial charge is 0.497 e. The maximum absolute atomic E-state index is 13.1. The second-order valence-electron chi connectivity index (χ2n) is 11.4. The van der Waals surface area contributed by atoms with Crippen LogP contribution in [-0.2, 0) is 19.9 Å². The Balaban J connectivity index is 1.32. The summed E-state index contributed by atoms with van der Waals surface area (Å²) < 4.78 is 20.7. The molecule has 0 unspecified atom stereocenters. The molecule has 1 aliphatic carbocycles. The number of methoxy groups -OCH3 is 1. The van der Waals surface area contributed by atoms with Gasteiger partial charge in [0.1, 0.15) is 29.8 Å². The predicted molar refractivity (Wildman–Crippen MR) is 165 cm³/mol. The van der Waals surface area contributed by atoms with E-state index in [4.69, 9.17) is 19.0 Å². The zero-order valence-electron chi connectivity index (χ0n) is 24.5. The lowest BCUT2D eigenvalue weighted by Crippen LogP contribution is -2.42. The number of benzene rings is 3. The Kier molecular flexibility index (Phi) is 7.27. The number of nitrogens with zero attached hydrogens (tertiary/aromatic N) is 2. The average molecular weight is 592 g/mol. The van der Waals surface area contributed by atoms with Crippen molar-refractivity contribution in [2.45, 2.75) is 37.4 Å². The molecule has 224 valence electrons. The van der Waals surface area contributed by atoms with E-state index in [1.165, 1.54) is 4.57 Å². The highest BCUT2D eigenvalue weighted by Gasteiger charge is 2.53. The molecule has 0 amide bonds. The Bertz CT molecular complexity index is 1770. The van der Waals surface area contributed by atoms with Gasteiger partial charge in [-0.25, -0.2) is 4.79 Å². The second kappa shape index (κ2) is 11.4. The number of oxime groups is 1. The van der Waals surface area contributed by atoms with E-state index in [0.717, 1.165) is 28.9 Å². The summed E-state index contributed by atoms with van der Waals surface area (Å²) in [6.07, 6.45) is 4.90. The van der Waals surface area contributed by atoms with Crippen LogP contribution in [0, 0.1) is 18.8 Å². The van der Waals surface area contributed by atoms with Crippen LogP contribution in [0.1, 0.15) is 34.9 Å². The fourth-order valence-electron chi connectivity index (χ4n) is 6.73. The second-order valence-corrected chi connectivity index (χ2v) is 11.4. The van der Waals surface area contributed by atoms with Crippen LogP contribution in [0.5, 0.6) is 5.75 Å². The summed E-state index contributed by atoms with van der Waals surface area (Å²) in [6.45, 7) is 1.79. The number of nitrogens with one attached hydrogen (secondary N) is 1. The fourth-order valence-corrected chi connectivity index (χ4v) is 6.73. The third kappa shape index (κ3) is 4.69. The van der Waals surface area contributed by atoms with Gasteiger partial charge in [0, 0.05) is 17.7 Å². The van der Waals surface area contributed by atoms with E-state index in [2.05, 4.69) is 40.5 Å². The summed E-state index contributed by atoms with van der Waals surface area (Å²) >= 11 is 0. The third-order valence-electron chi connectivity index (χ3n) is 8.91. The molecular weight excluding hydrogens is 558 g/mol. The molecule has 3 heterocycles. The quantitative estimate of drug-likeness (QED) is 0.235. The maximum atomic E-state index is 13.1. The van der Waals surface area contributed by atoms with Crippen LogP contribution < -0.4 is 16.0 Å². The number of ether oxygens (including phenoxy) is 3. The molecule has 9 nitrogen and oxygen atoms in total. The minimum Gasteiger partial charge on any atom is -0.497 e. The van der Waals surface area contributed by atoms with Gasteiger partial charge in [0.05, 0.1) is 25.3 Å². The van der Waals surface area contributed by atoms with Gasteiger partial charge in [0.15, 0.2) is 0 Å². The van der Waals surface area contributed by atoms with Crippen LogP contribution in [-0.4, -0.2) is 41.2 Å². The fraction of sp³-hybridized carbons (Fsp3) is 0.286. The first kappa shape index (κ1) is 28.1. The smallest absolute Gasteiger partial charge is 0.330 e. The molecule has 0 radical (unpaired) electrons. The molecule has 1 fully saturated rings. The molecular formula is C35H33N3O6. The number of hydrogen-bond acceptors (Lipinski definition) is 7. The van der Waals surface area contributed by atoms with Crippen LogP contribution >= 0.6 is 0 Å². The van der Waals surface area contributed by atoms with E-state index in [-0.39, 0.29) is 24.5 Å². The van der Waals surface area contributed by atoms with Crippen molar-refractivity contribution in [2.24, 2.45) is 17.0 Å². The van der Waals surface area contributed by atoms with E-state index in [9.17, 15) is 9.59 Å². The van der Waals surface area contributed by atoms with E-state index in [1.807, 2.05) is 66.7 Å². The van der Waals surface area contributed by atoms with Crippen molar-refractivity contribution in [1.82, 2.24) is 9.55 Å². The van der Waals surface area contributed by atoms with Gasteiger partial charge in [0.2, 0.25) is 0 Å². The minimum absolute atomic E-state index is 0.0335. The van der Waals surface area contributed by atoms with Crippen LogP contribution in [0.15, 0.2) is 118 Å². The molecule has 1 aromatic heterocycles. The van der Waals surface area contributed by atoms with Crippen molar-refractivity contribution in [3.63, 3.8) is 0 Å². The Morgan fingerprint density at radius 3 is 2.27 bits per heavy atom. The zero-order valence-corrected chi connectivity index (χ0v) is 24.5. The third-order valence-corrected chi connectivity index (χ3v) is 8.91. The summed E-state index contributed by atoms with van der Waals surface area (Å²) in [5, 5.41) is 4.56. The number of H-pyrrole nitrogens is 1. The molecule has 0 spiro atoms. The Morgan fingerprint density at radius 2 is 1.61 bits per heavy atom. The van der Waals surface area contributed by atoms with E-state index in [0.29, 0.717) is 11.3 Å². The number of fused-ring (bicyclic) bond motifs is 3. The first-order chi connectivity index (χ1) is 21.5. The molecule has 7 rings (SSSR count). The Hall–Kier alpha value is -4.73. The highest BCUT2D eigenvalue weighted by molar-refractivity contribution is 5.93. The number of aryl methyl sites for hydroxylation is 1. The maximum Gasteiger partial charge on any atom is 0.330 e. The van der Waals surface area contributed by atoms with Crippen molar-refractivity contribution in [3.8, 4) is 5.75 Å². The lowest BCUT2D eigenvalue weighted by Gasteiger charge is -2.37. The molecule has 0 saturated carbocycles. The van der Waals surface area contributed by atoms with E-state index >= 15 is 0 Å². The minimum atomic E-state index is -1.01. The van der Waals surface area contributed by atoms with Crippen LogP contribution in [0.4, 0.5) is 0 Å². The monoisotopic (exact) mass is 591 g/mol. The summed E-state index contributed by atoms with van der Waals surface area (Å²) in [5.41, 5.74) is 1.96. The molecule has 44 heavy (non-hydrogen) atoms. The summed E-state index contributed by atoms with van der Waals surface area (Å²) in [4.78, 5) is 33.6. The summed E-state index contributed by atoms with van der Waals surface area (Å²) in [7, 11) is 1.64. The Labute approximate surface area is 254 Å².